The molecule has 5 aliphatic rings. The van der Waals surface area contributed by atoms with Crippen LogP contribution in [0.3, 0.4) is 0 Å². The molecule has 0 aromatic heterocycles. The Morgan fingerprint density at radius 1 is 1.00 bits per heavy atom. The topological polar surface area (TPSA) is 119 Å². The average Bonchev–Trinajstić information content (AvgIpc) is 3.09. The fourth-order valence-corrected chi connectivity index (χ4v) is 6.84. The summed E-state index contributed by atoms with van der Waals surface area (Å²) in [4.78, 5) is 49.1. The second-order valence-corrected chi connectivity index (χ2v) is 11.2. The maximum Gasteiger partial charge on any atom is 0.328 e. The number of fused-ring (bicyclic) bond motifs is 2. The van der Waals surface area contributed by atoms with Gasteiger partial charge in [0.1, 0.15) is 6.04 Å². The summed E-state index contributed by atoms with van der Waals surface area (Å²) in [7, 11) is 0. The Labute approximate surface area is 219 Å². The van der Waals surface area contributed by atoms with Gasteiger partial charge in [-0.3, -0.25) is 9.59 Å². The molecule has 5 rings (SSSR count). The number of nitrogens with one attached hydrogen (secondary N) is 1. The van der Waals surface area contributed by atoms with Gasteiger partial charge in [-0.1, -0.05) is 13.8 Å². The molecule has 2 bridgehead atoms. The molecule has 1 spiro atoms. The number of esters is 2. The molecule has 0 unspecified atom stereocenters. The summed E-state index contributed by atoms with van der Waals surface area (Å²) in [6.07, 6.45) is 3.86. The van der Waals surface area contributed by atoms with Crippen molar-refractivity contribution in [3.8, 4) is 0 Å². The standard InChI is InChI=1S/C27H43NO9/c1-6-32-23(30)13-10-20(24(31)33-7-2)28-22(29)12-11-21-17(4)19-9-8-16(3)18-14-15-26(5)35-25(34-21)27(18,19)37-36-26/h16-21,25H,6-15H2,1-5H3,(H,28,29)/t16-,17-,18+,19+,20+,21-,25-,26-,27-/m1/s1. The van der Waals surface area contributed by atoms with Gasteiger partial charge in [-0.15, -0.1) is 0 Å². The second kappa shape index (κ2) is 11.6. The average molecular weight is 526 g/mol. The lowest BCUT2D eigenvalue weighted by Crippen LogP contribution is -2.70. The van der Waals surface area contributed by atoms with Crippen LogP contribution in [0.25, 0.3) is 0 Å². The number of hydrogen-bond donors (Lipinski definition) is 1. The van der Waals surface area contributed by atoms with Crippen LogP contribution in [0.2, 0.25) is 0 Å². The first-order valence-corrected chi connectivity index (χ1v) is 13.9. The van der Waals surface area contributed by atoms with E-state index in [1.165, 1.54) is 0 Å². The van der Waals surface area contributed by atoms with Gasteiger partial charge >= 0.3 is 11.9 Å². The van der Waals surface area contributed by atoms with E-state index in [4.69, 9.17) is 28.7 Å². The van der Waals surface area contributed by atoms with Gasteiger partial charge in [0.15, 0.2) is 11.9 Å². The SMILES string of the molecule is CCOC(=O)CC[C@H](NC(=O)CC[C@H]1O[C@@H]2O[C@@]3(C)CC[C@H]4[C@H](C)CC[C@@H]([C@H]1C)[C@@]24OO3)C(=O)OCC. The molecule has 210 valence electrons. The zero-order valence-corrected chi connectivity index (χ0v) is 22.8. The Morgan fingerprint density at radius 2 is 1.76 bits per heavy atom. The van der Waals surface area contributed by atoms with Crippen molar-refractivity contribution in [1.29, 1.82) is 0 Å². The molecule has 0 aromatic carbocycles. The van der Waals surface area contributed by atoms with E-state index in [1.807, 2.05) is 6.92 Å². The summed E-state index contributed by atoms with van der Waals surface area (Å²) in [5.41, 5.74) is -0.631. The molecule has 0 aromatic rings. The van der Waals surface area contributed by atoms with Crippen LogP contribution in [0.5, 0.6) is 0 Å². The second-order valence-electron chi connectivity index (χ2n) is 11.2. The molecular weight excluding hydrogens is 482 g/mol. The highest BCUT2D eigenvalue weighted by atomic mass is 17.3. The third-order valence-electron chi connectivity index (χ3n) is 8.80. The molecule has 4 heterocycles. The number of carbonyl (C=O) groups is 3. The lowest BCUT2D eigenvalue weighted by Gasteiger charge is -2.60. The zero-order chi connectivity index (χ0) is 26.8. The minimum atomic E-state index is -0.906. The van der Waals surface area contributed by atoms with Crippen molar-refractivity contribution in [2.45, 2.75) is 116 Å². The van der Waals surface area contributed by atoms with Gasteiger partial charge in [-0.25, -0.2) is 14.6 Å². The minimum absolute atomic E-state index is 0.0174. The Hall–Kier alpha value is -1.75. The van der Waals surface area contributed by atoms with Crippen LogP contribution < -0.4 is 5.32 Å². The number of ether oxygens (including phenoxy) is 4. The molecule has 1 saturated carbocycles. The van der Waals surface area contributed by atoms with E-state index in [2.05, 4.69) is 19.2 Å². The molecule has 10 heteroatoms. The van der Waals surface area contributed by atoms with E-state index in [-0.39, 0.29) is 62.2 Å². The molecule has 9 atom stereocenters. The Morgan fingerprint density at radius 3 is 2.49 bits per heavy atom. The van der Waals surface area contributed by atoms with Crippen molar-refractivity contribution in [3.05, 3.63) is 0 Å². The van der Waals surface area contributed by atoms with E-state index in [0.29, 0.717) is 12.3 Å². The van der Waals surface area contributed by atoms with Crippen LogP contribution in [0.15, 0.2) is 0 Å². The van der Waals surface area contributed by atoms with Crippen molar-refractivity contribution in [2.75, 3.05) is 13.2 Å². The van der Waals surface area contributed by atoms with Crippen LogP contribution in [-0.2, 0) is 43.1 Å². The summed E-state index contributed by atoms with van der Waals surface area (Å²) in [5, 5.41) is 2.75. The highest BCUT2D eigenvalue weighted by molar-refractivity contribution is 5.85. The molecule has 5 fully saturated rings. The largest absolute Gasteiger partial charge is 0.466 e. The maximum absolute atomic E-state index is 12.9. The summed E-state index contributed by atoms with van der Waals surface area (Å²) in [5.74, 6) is -0.995. The monoisotopic (exact) mass is 525 g/mol. The molecule has 1 N–H and O–H groups in total. The van der Waals surface area contributed by atoms with Crippen molar-refractivity contribution >= 4 is 17.8 Å². The summed E-state index contributed by atoms with van der Waals surface area (Å²) in [6, 6.07) is -0.906. The quantitative estimate of drug-likeness (QED) is 0.338. The predicted molar refractivity (Wildman–Crippen MR) is 130 cm³/mol. The van der Waals surface area contributed by atoms with E-state index >= 15 is 0 Å². The van der Waals surface area contributed by atoms with Gasteiger partial charge < -0.3 is 24.3 Å². The zero-order valence-electron chi connectivity index (χ0n) is 22.8. The molecular formula is C27H43NO9. The Balaban J connectivity index is 1.40. The number of hydrogen-bond acceptors (Lipinski definition) is 9. The minimum Gasteiger partial charge on any atom is -0.466 e. The van der Waals surface area contributed by atoms with Gasteiger partial charge in [-0.2, -0.15) is 0 Å². The van der Waals surface area contributed by atoms with Gasteiger partial charge in [0, 0.05) is 25.2 Å². The summed E-state index contributed by atoms with van der Waals surface area (Å²) < 4.78 is 23.0. The van der Waals surface area contributed by atoms with E-state index in [0.717, 1.165) is 25.7 Å². The van der Waals surface area contributed by atoms with Gasteiger partial charge in [0.25, 0.3) is 0 Å². The molecule has 10 nitrogen and oxygen atoms in total. The van der Waals surface area contributed by atoms with Crippen molar-refractivity contribution in [3.63, 3.8) is 0 Å². The van der Waals surface area contributed by atoms with Crippen LogP contribution in [0, 0.1) is 23.7 Å². The first-order valence-electron chi connectivity index (χ1n) is 13.9. The Bertz CT molecular complexity index is 852. The van der Waals surface area contributed by atoms with Crippen LogP contribution >= 0.6 is 0 Å². The first kappa shape index (κ1) is 28.3. The van der Waals surface area contributed by atoms with E-state index in [1.54, 1.807) is 13.8 Å². The predicted octanol–water partition coefficient (Wildman–Crippen LogP) is 3.41. The van der Waals surface area contributed by atoms with Crippen LogP contribution in [0.4, 0.5) is 0 Å². The third kappa shape index (κ3) is 5.67. The normalized spacial score (nSPS) is 39.2. The van der Waals surface area contributed by atoms with Gasteiger partial charge in [-0.05, 0) is 70.6 Å². The third-order valence-corrected chi connectivity index (χ3v) is 8.80. The highest BCUT2D eigenvalue weighted by Crippen LogP contribution is 2.60. The maximum atomic E-state index is 12.9. The fourth-order valence-electron chi connectivity index (χ4n) is 6.84. The van der Waals surface area contributed by atoms with E-state index in [9.17, 15) is 14.4 Å². The molecule has 1 aliphatic carbocycles. The van der Waals surface area contributed by atoms with Crippen LogP contribution in [0.1, 0.15) is 86.0 Å². The highest BCUT2D eigenvalue weighted by Gasteiger charge is 2.69. The summed E-state index contributed by atoms with van der Waals surface area (Å²) >= 11 is 0. The molecule has 4 aliphatic heterocycles. The molecule has 1 amide bonds. The number of rotatable bonds is 10. The molecule has 37 heavy (non-hydrogen) atoms. The lowest BCUT2D eigenvalue weighted by atomic mass is 9.57. The molecule has 4 saturated heterocycles. The number of carbonyl (C=O) groups excluding carboxylic acids is 3. The molecule has 0 radical (unpaired) electrons. The van der Waals surface area contributed by atoms with Gasteiger partial charge in [0.05, 0.1) is 19.3 Å². The van der Waals surface area contributed by atoms with Gasteiger partial charge in [0.2, 0.25) is 11.7 Å². The fraction of sp³-hybridized carbons (Fsp3) is 0.889. The number of amides is 1. The lowest BCUT2D eigenvalue weighted by molar-refractivity contribution is -0.571. The Kier molecular flexibility index (Phi) is 8.82. The van der Waals surface area contributed by atoms with Crippen LogP contribution in [-0.4, -0.2) is 60.9 Å². The van der Waals surface area contributed by atoms with E-state index < -0.39 is 35.7 Å². The smallest absolute Gasteiger partial charge is 0.328 e. The van der Waals surface area contributed by atoms with Crippen molar-refractivity contribution in [2.24, 2.45) is 23.7 Å². The van der Waals surface area contributed by atoms with Crippen molar-refractivity contribution in [1.82, 2.24) is 5.32 Å². The summed E-state index contributed by atoms with van der Waals surface area (Å²) in [6.45, 7) is 10.2. The van der Waals surface area contributed by atoms with Crippen molar-refractivity contribution < 1.29 is 43.1 Å². The first-order chi connectivity index (χ1) is 17.6.